The molecule has 4 nitrogen and oxygen atoms in total. The molecule has 0 aliphatic heterocycles. The number of nitrogens with one attached hydrogen (secondary N) is 1. The van der Waals surface area contributed by atoms with Gasteiger partial charge in [0.05, 0.1) is 3.79 Å². The standard InChI is InChI=1S/C6H5BrF3NO3S2/c7-4-1-2-5(15-4)16(12,13)11-14-3-6(8,9)10/h1-2,11H,3H2. The Bertz CT molecular complexity index is 456. The van der Waals surface area contributed by atoms with Crippen LogP contribution in [0, 0.1) is 0 Å². The quantitative estimate of drug-likeness (QED) is 0.856. The van der Waals surface area contributed by atoms with Gasteiger partial charge in [0.15, 0.2) is 6.61 Å². The largest absolute Gasteiger partial charge is 0.413 e. The Morgan fingerprint density at radius 3 is 2.50 bits per heavy atom. The minimum atomic E-state index is -4.58. The molecule has 10 heteroatoms. The van der Waals surface area contributed by atoms with Crippen LogP contribution in [-0.4, -0.2) is 21.2 Å². The van der Waals surface area contributed by atoms with Gasteiger partial charge >= 0.3 is 6.18 Å². The Balaban J connectivity index is 2.60. The van der Waals surface area contributed by atoms with E-state index in [0.717, 1.165) is 11.3 Å². The van der Waals surface area contributed by atoms with Crippen molar-refractivity contribution in [2.75, 3.05) is 6.61 Å². The number of sulfonamides is 1. The second-order valence-electron chi connectivity index (χ2n) is 2.55. The fraction of sp³-hybridized carbons (Fsp3) is 0.333. The molecule has 0 unspecified atom stereocenters. The zero-order chi connectivity index (χ0) is 12.4. The lowest BCUT2D eigenvalue weighted by atomic mass is 10.7. The first-order valence-corrected chi connectivity index (χ1v) is 6.76. The number of alkyl halides is 3. The van der Waals surface area contributed by atoms with E-state index in [2.05, 4.69) is 20.8 Å². The van der Waals surface area contributed by atoms with Crippen LogP contribution in [0.4, 0.5) is 13.2 Å². The molecule has 0 radical (unpaired) electrons. The smallest absolute Gasteiger partial charge is 0.277 e. The Hall–Kier alpha value is -0.160. The summed E-state index contributed by atoms with van der Waals surface area (Å²) in [4.78, 5) is 5.24. The van der Waals surface area contributed by atoms with E-state index in [1.165, 1.54) is 17.0 Å². The summed E-state index contributed by atoms with van der Waals surface area (Å²) >= 11 is 3.89. The summed E-state index contributed by atoms with van der Waals surface area (Å²) in [7, 11) is -4.05. The van der Waals surface area contributed by atoms with Crippen LogP contribution in [0.15, 0.2) is 20.1 Å². The predicted octanol–water partition coefficient (Wildman–Crippen LogP) is 2.28. The number of halogens is 4. The number of rotatable bonds is 4. The molecule has 0 bridgehead atoms. The van der Waals surface area contributed by atoms with Gasteiger partial charge in [0, 0.05) is 0 Å². The molecular formula is C6H5BrF3NO3S2. The van der Waals surface area contributed by atoms with Crippen molar-refractivity contribution in [1.29, 1.82) is 0 Å². The normalized spacial score (nSPS) is 13.0. The molecule has 0 spiro atoms. The van der Waals surface area contributed by atoms with Crippen LogP contribution in [0.2, 0.25) is 0 Å². The molecule has 0 fully saturated rings. The average Bonchev–Trinajstić information content (AvgIpc) is 2.49. The molecule has 0 atom stereocenters. The van der Waals surface area contributed by atoms with E-state index in [1.54, 1.807) is 0 Å². The summed E-state index contributed by atoms with van der Waals surface area (Å²) < 4.78 is 58.1. The van der Waals surface area contributed by atoms with E-state index >= 15 is 0 Å². The molecule has 1 aromatic rings. The third-order valence-corrected chi connectivity index (χ3v) is 4.55. The lowest BCUT2D eigenvalue weighted by Gasteiger charge is -2.07. The van der Waals surface area contributed by atoms with Crippen LogP contribution in [-0.2, 0) is 14.9 Å². The topological polar surface area (TPSA) is 55.4 Å². The van der Waals surface area contributed by atoms with Gasteiger partial charge in [-0.25, -0.2) is 8.42 Å². The van der Waals surface area contributed by atoms with Gasteiger partial charge in [-0.2, -0.15) is 13.2 Å². The Morgan fingerprint density at radius 2 is 2.06 bits per heavy atom. The Labute approximate surface area is 102 Å². The fourth-order valence-electron chi connectivity index (χ4n) is 0.672. The average molecular weight is 340 g/mol. The molecule has 1 rings (SSSR count). The molecule has 0 aliphatic carbocycles. The van der Waals surface area contributed by atoms with Crippen LogP contribution >= 0.6 is 27.3 Å². The molecule has 1 N–H and O–H groups in total. The van der Waals surface area contributed by atoms with E-state index in [4.69, 9.17) is 0 Å². The second-order valence-corrected chi connectivity index (χ2v) is 6.88. The summed E-state index contributed by atoms with van der Waals surface area (Å²) in [6.07, 6.45) is -4.58. The van der Waals surface area contributed by atoms with Crippen molar-refractivity contribution >= 4 is 37.3 Å². The minimum absolute atomic E-state index is 0.137. The van der Waals surface area contributed by atoms with Gasteiger partial charge in [-0.15, -0.1) is 11.3 Å². The lowest BCUT2D eigenvalue weighted by molar-refractivity contribution is -0.181. The molecule has 1 heterocycles. The van der Waals surface area contributed by atoms with Gasteiger partial charge in [0.1, 0.15) is 4.21 Å². The summed E-state index contributed by atoms with van der Waals surface area (Å²) in [5, 5.41) is 0. The van der Waals surface area contributed by atoms with Gasteiger partial charge < -0.3 is 0 Å². The van der Waals surface area contributed by atoms with Crippen molar-refractivity contribution in [3.8, 4) is 0 Å². The molecule has 92 valence electrons. The molecular weight excluding hydrogens is 335 g/mol. The summed E-state index contributed by atoms with van der Waals surface area (Å²) in [5.41, 5.74) is 0. The summed E-state index contributed by atoms with van der Waals surface area (Å²) in [6, 6.07) is 2.71. The molecule has 16 heavy (non-hydrogen) atoms. The summed E-state index contributed by atoms with van der Waals surface area (Å²) in [6.45, 7) is -1.68. The zero-order valence-electron chi connectivity index (χ0n) is 7.41. The number of hydrogen-bond acceptors (Lipinski definition) is 4. The fourth-order valence-corrected chi connectivity index (χ4v) is 3.47. The van der Waals surface area contributed by atoms with Gasteiger partial charge in [-0.3, -0.25) is 4.84 Å². The third-order valence-electron chi connectivity index (χ3n) is 1.22. The molecule has 0 aliphatic rings. The first-order valence-electron chi connectivity index (χ1n) is 3.66. The van der Waals surface area contributed by atoms with Crippen molar-refractivity contribution in [2.24, 2.45) is 0 Å². The Kier molecular flexibility index (Phi) is 4.35. The molecule has 0 aromatic carbocycles. The van der Waals surface area contributed by atoms with Crippen LogP contribution < -0.4 is 4.89 Å². The first-order chi connectivity index (χ1) is 7.21. The monoisotopic (exact) mass is 339 g/mol. The van der Waals surface area contributed by atoms with E-state index in [-0.39, 0.29) is 4.21 Å². The van der Waals surface area contributed by atoms with E-state index in [1.807, 2.05) is 0 Å². The van der Waals surface area contributed by atoms with Gasteiger partial charge in [-0.05, 0) is 28.1 Å². The molecule has 1 aromatic heterocycles. The van der Waals surface area contributed by atoms with Crippen molar-refractivity contribution in [3.05, 3.63) is 15.9 Å². The highest BCUT2D eigenvalue weighted by Gasteiger charge is 2.29. The highest BCUT2D eigenvalue weighted by molar-refractivity contribution is 9.11. The van der Waals surface area contributed by atoms with E-state index < -0.39 is 22.8 Å². The first kappa shape index (κ1) is 13.9. The van der Waals surface area contributed by atoms with Gasteiger partial charge in [0.2, 0.25) is 0 Å². The van der Waals surface area contributed by atoms with Crippen molar-refractivity contribution in [2.45, 2.75) is 10.4 Å². The van der Waals surface area contributed by atoms with Gasteiger partial charge in [0.25, 0.3) is 10.0 Å². The predicted molar refractivity (Wildman–Crippen MR) is 54.3 cm³/mol. The van der Waals surface area contributed by atoms with Crippen LogP contribution in [0.5, 0.6) is 0 Å². The molecule has 0 amide bonds. The minimum Gasteiger partial charge on any atom is -0.277 e. The number of thiophene rings is 1. The zero-order valence-corrected chi connectivity index (χ0v) is 10.6. The Morgan fingerprint density at radius 1 is 1.44 bits per heavy atom. The van der Waals surface area contributed by atoms with Crippen molar-refractivity contribution in [1.82, 2.24) is 4.89 Å². The molecule has 0 saturated carbocycles. The molecule has 0 saturated heterocycles. The van der Waals surface area contributed by atoms with Crippen molar-refractivity contribution < 1.29 is 26.4 Å². The highest BCUT2D eigenvalue weighted by Crippen LogP contribution is 2.25. The van der Waals surface area contributed by atoms with Crippen LogP contribution in [0.25, 0.3) is 0 Å². The van der Waals surface area contributed by atoms with E-state index in [9.17, 15) is 21.6 Å². The highest BCUT2D eigenvalue weighted by atomic mass is 79.9. The van der Waals surface area contributed by atoms with Gasteiger partial charge in [-0.1, -0.05) is 4.89 Å². The maximum absolute atomic E-state index is 11.7. The van der Waals surface area contributed by atoms with E-state index in [0.29, 0.717) is 3.79 Å². The van der Waals surface area contributed by atoms with Crippen LogP contribution in [0.1, 0.15) is 0 Å². The number of hydrogen-bond donors (Lipinski definition) is 1. The maximum atomic E-state index is 11.7. The lowest BCUT2D eigenvalue weighted by Crippen LogP contribution is -2.29. The third kappa shape index (κ3) is 4.37. The summed E-state index contributed by atoms with van der Waals surface area (Å²) in [5.74, 6) is 0. The maximum Gasteiger partial charge on any atom is 0.413 e. The van der Waals surface area contributed by atoms with Crippen LogP contribution in [0.3, 0.4) is 0 Å². The SMILES string of the molecule is O=S(=O)(NOCC(F)(F)F)c1ccc(Br)s1. The van der Waals surface area contributed by atoms with Crippen molar-refractivity contribution in [3.63, 3.8) is 0 Å². The second kappa shape index (κ2) is 5.00.